The van der Waals surface area contributed by atoms with Gasteiger partial charge >= 0.3 is 5.97 Å². The second-order valence-electron chi connectivity index (χ2n) is 3.96. The average molecular weight is 260 g/mol. The highest BCUT2D eigenvalue weighted by Gasteiger charge is 1.99. The standard InChI is InChI=1S/C8H18O.C6H10O3/c1-3-5-7-9-8-6-4-2;1-5(2)6(8)9-4-3-7/h3-8H2,1-2H3;7H,1,3-4H2,2H3. The van der Waals surface area contributed by atoms with Gasteiger partial charge < -0.3 is 14.6 Å². The van der Waals surface area contributed by atoms with Crippen molar-refractivity contribution in [3.8, 4) is 0 Å². The van der Waals surface area contributed by atoms with Crippen LogP contribution in [0.25, 0.3) is 0 Å². The van der Waals surface area contributed by atoms with Crippen LogP contribution < -0.4 is 0 Å². The van der Waals surface area contributed by atoms with Crippen LogP contribution in [0, 0.1) is 0 Å². The van der Waals surface area contributed by atoms with Crippen molar-refractivity contribution in [3.63, 3.8) is 0 Å². The van der Waals surface area contributed by atoms with Gasteiger partial charge in [-0.05, 0) is 19.8 Å². The molecule has 0 bridgehead atoms. The van der Waals surface area contributed by atoms with Crippen molar-refractivity contribution in [1.82, 2.24) is 0 Å². The van der Waals surface area contributed by atoms with Crippen molar-refractivity contribution >= 4 is 5.97 Å². The zero-order valence-corrected chi connectivity index (χ0v) is 12.0. The van der Waals surface area contributed by atoms with E-state index in [1.807, 2.05) is 0 Å². The fourth-order valence-electron chi connectivity index (χ4n) is 0.856. The Morgan fingerprint density at radius 1 is 1.11 bits per heavy atom. The lowest BCUT2D eigenvalue weighted by molar-refractivity contribution is -0.139. The van der Waals surface area contributed by atoms with Gasteiger partial charge in [-0.3, -0.25) is 0 Å². The summed E-state index contributed by atoms with van der Waals surface area (Å²) in [5.74, 6) is -0.455. The Bertz CT molecular complexity index is 196. The number of aliphatic hydroxyl groups excluding tert-OH is 1. The average Bonchev–Trinajstić information content (AvgIpc) is 2.36. The van der Waals surface area contributed by atoms with Crippen molar-refractivity contribution in [2.75, 3.05) is 26.4 Å². The Morgan fingerprint density at radius 3 is 1.94 bits per heavy atom. The van der Waals surface area contributed by atoms with Gasteiger partial charge in [0.15, 0.2) is 0 Å². The van der Waals surface area contributed by atoms with E-state index in [9.17, 15) is 4.79 Å². The third kappa shape index (κ3) is 17.5. The predicted molar refractivity (Wildman–Crippen MR) is 73.5 cm³/mol. The van der Waals surface area contributed by atoms with Crippen LogP contribution in [0.3, 0.4) is 0 Å². The molecule has 4 heteroatoms. The second-order valence-corrected chi connectivity index (χ2v) is 3.96. The topological polar surface area (TPSA) is 55.8 Å². The van der Waals surface area contributed by atoms with Crippen LogP contribution in [-0.4, -0.2) is 37.5 Å². The molecule has 0 unspecified atom stereocenters. The van der Waals surface area contributed by atoms with Crippen LogP contribution in [0.2, 0.25) is 0 Å². The lowest BCUT2D eigenvalue weighted by Gasteiger charge is -1.99. The van der Waals surface area contributed by atoms with Crippen LogP contribution in [-0.2, 0) is 14.3 Å². The summed E-state index contributed by atoms with van der Waals surface area (Å²) in [6.07, 6.45) is 4.91. The highest BCUT2D eigenvalue weighted by atomic mass is 16.5. The number of carbonyl (C=O) groups is 1. The van der Waals surface area contributed by atoms with Crippen molar-refractivity contribution in [2.45, 2.75) is 46.5 Å². The summed E-state index contributed by atoms with van der Waals surface area (Å²) < 4.78 is 9.78. The van der Waals surface area contributed by atoms with Gasteiger partial charge in [0.1, 0.15) is 6.61 Å². The first kappa shape index (κ1) is 19.5. The Kier molecular flexibility index (Phi) is 17.4. The van der Waals surface area contributed by atoms with Crippen LogP contribution in [0.4, 0.5) is 0 Å². The summed E-state index contributed by atoms with van der Waals surface area (Å²) in [5, 5.41) is 8.19. The summed E-state index contributed by atoms with van der Waals surface area (Å²) in [6.45, 7) is 11.1. The molecule has 0 aliphatic rings. The molecule has 0 rings (SSSR count). The molecular weight excluding hydrogens is 232 g/mol. The highest BCUT2D eigenvalue weighted by Crippen LogP contribution is 1.91. The van der Waals surface area contributed by atoms with Gasteiger partial charge in [-0.15, -0.1) is 0 Å². The molecule has 0 aromatic heterocycles. The zero-order valence-electron chi connectivity index (χ0n) is 12.0. The monoisotopic (exact) mass is 260 g/mol. The summed E-state index contributed by atoms with van der Waals surface area (Å²) >= 11 is 0. The van der Waals surface area contributed by atoms with Crippen LogP contribution in [0.5, 0.6) is 0 Å². The van der Waals surface area contributed by atoms with Crippen molar-refractivity contribution in [1.29, 1.82) is 0 Å². The quantitative estimate of drug-likeness (QED) is 0.393. The maximum Gasteiger partial charge on any atom is 0.333 e. The normalized spacial score (nSPS) is 9.33. The van der Waals surface area contributed by atoms with E-state index in [-0.39, 0.29) is 13.2 Å². The van der Waals surface area contributed by atoms with Gasteiger partial charge in [-0.2, -0.15) is 0 Å². The number of esters is 1. The molecule has 0 aliphatic heterocycles. The molecule has 18 heavy (non-hydrogen) atoms. The summed E-state index contributed by atoms with van der Waals surface area (Å²) in [7, 11) is 0. The van der Waals surface area contributed by atoms with Crippen molar-refractivity contribution in [3.05, 3.63) is 12.2 Å². The van der Waals surface area contributed by atoms with Gasteiger partial charge in [-0.1, -0.05) is 33.3 Å². The molecule has 0 spiro atoms. The maximum atomic E-state index is 10.5. The number of ether oxygens (including phenoxy) is 2. The minimum absolute atomic E-state index is 0.0473. The molecule has 0 aromatic carbocycles. The number of hydrogen-bond donors (Lipinski definition) is 1. The van der Waals surface area contributed by atoms with Gasteiger partial charge in [0.2, 0.25) is 0 Å². The molecule has 0 amide bonds. The molecule has 0 fully saturated rings. The van der Waals surface area contributed by atoms with E-state index < -0.39 is 5.97 Å². The van der Waals surface area contributed by atoms with Crippen LogP contribution in [0.1, 0.15) is 46.5 Å². The Morgan fingerprint density at radius 2 is 1.61 bits per heavy atom. The number of rotatable bonds is 9. The molecule has 0 aliphatic carbocycles. The predicted octanol–water partition coefficient (Wildman–Crippen LogP) is 2.70. The fourth-order valence-corrected chi connectivity index (χ4v) is 0.856. The third-order valence-electron chi connectivity index (χ3n) is 1.96. The van der Waals surface area contributed by atoms with Crippen LogP contribution in [0.15, 0.2) is 12.2 Å². The third-order valence-corrected chi connectivity index (χ3v) is 1.96. The molecule has 0 atom stereocenters. The molecule has 0 saturated carbocycles. The Hall–Kier alpha value is -0.870. The van der Waals surface area contributed by atoms with Crippen LogP contribution >= 0.6 is 0 Å². The smallest absolute Gasteiger partial charge is 0.333 e. The zero-order chi connectivity index (χ0) is 14.2. The SMILES string of the molecule is C=C(C)C(=O)OCCO.CCCCOCCCC. The first-order valence-electron chi connectivity index (χ1n) is 6.61. The van der Waals surface area contributed by atoms with E-state index in [4.69, 9.17) is 9.84 Å². The maximum absolute atomic E-state index is 10.5. The van der Waals surface area contributed by atoms with E-state index in [0.717, 1.165) is 13.2 Å². The van der Waals surface area contributed by atoms with E-state index in [2.05, 4.69) is 25.2 Å². The minimum Gasteiger partial charge on any atom is -0.460 e. The molecule has 4 nitrogen and oxygen atoms in total. The van der Waals surface area contributed by atoms with Gasteiger partial charge in [0.25, 0.3) is 0 Å². The van der Waals surface area contributed by atoms with Gasteiger partial charge in [0.05, 0.1) is 6.61 Å². The van der Waals surface area contributed by atoms with Crippen molar-refractivity contribution in [2.24, 2.45) is 0 Å². The van der Waals surface area contributed by atoms with Gasteiger partial charge in [0, 0.05) is 18.8 Å². The first-order chi connectivity index (χ1) is 8.59. The molecular formula is C14H28O4. The molecule has 0 radical (unpaired) electrons. The number of aliphatic hydroxyl groups is 1. The fraction of sp³-hybridized carbons (Fsp3) is 0.786. The summed E-state index contributed by atoms with van der Waals surface area (Å²) in [6, 6.07) is 0. The number of unbranched alkanes of at least 4 members (excludes halogenated alkanes) is 2. The minimum atomic E-state index is -0.455. The molecule has 1 N–H and O–H groups in total. The summed E-state index contributed by atoms with van der Waals surface area (Å²) in [5.41, 5.74) is 0.350. The second kappa shape index (κ2) is 16.1. The Labute approximate surface area is 111 Å². The van der Waals surface area contributed by atoms with Crippen molar-refractivity contribution < 1.29 is 19.4 Å². The molecule has 0 heterocycles. The summed E-state index contributed by atoms with van der Waals surface area (Å²) in [4.78, 5) is 10.5. The molecule has 108 valence electrons. The lowest BCUT2D eigenvalue weighted by Crippen LogP contribution is -2.08. The number of hydrogen-bond acceptors (Lipinski definition) is 4. The largest absolute Gasteiger partial charge is 0.460 e. The van der Waals surface area contributed by atoms with Gasteiger partial charge in [-0.25, -0.2) is 4.79 Å². The van der Waals surface area contributed by atoms with E-state index in [0.29, 0.717) is 5.57 Å². The molecule has 0 saturated heterocycles. The number of carbonyl (C=O) groups excluding carboxylic acids is 1. The highest BCUT2D eigenvalue weighted by molar-refractivity contribution is 5.86. The molecule has 0 aromatic rings. The van der Waals surface area contributed by atoms with E-state index in [1.165, 1.54) is 25.7 Å². The lowest BCUT2D eigenvalue weighted by atomic mass is 10.3. The Balaban J connectivity index is 0. The van der Waals surface area contributed by atoms with E-state index >= 15 is 0 Å². The van der Waals surface area contributed by atoms with E-state index in [1.54, 1.807) is 6.92 Å². The first-order valence-corrected chi connectivity index (χ1v) is 6.61.